The summed E-state index contributed by atoms with van der Waals surface area (Å²) in [7, 11) is 3.76. The molecule has 0 bridgehead atoms. The molecule has 4 aromatic rings. The number of nitrogens with one attached hydrogen (secondary N) is 2. The molecule has 2 N–H and O–H groups in total. The molecule has 0 saturated carbocycles. The minimum atomic E-state index is -0.449. The minimum absolute atomic E-state index is 0.147. The van der Waals surface area contributed by atoms with Crippen molar-refractivity contribution in [2.75, 3.05) is 24.3 Å². The van der Waals surface area contributed by atoms with E-state index >= 15 is 0 Å². The molecule has 0 aliphatic carbocycles. The number of hydrogen-bond acceptors (Lipinski definition) is 6. The average molecular weight is 433 g/mol. The molecule has 0 atom stereocenters. The summed E-state index contributed by atoms with van der Waals surface area (Å²) in [6.07, 6.45) is 1.64. The van der Waals surface area contributed by atoms with Crippen LogP contribution in [0.2, 0.25) is 0 Å². The first-order valence-electron chi connectivity index (χ1n) is 9.51. The van der Waals surface area contributed by atoms with Gasteiger partial charge in [-0.05, 0) is 42.5 Å². The molecule has 7 nitrogen and oxygen atoms in total. The van der Waals surface area contributed by atoms with Gasteiger partial charge in [0.05, 0.1) is 5.39 Å². The fourth-order valence-corrected chi connectivity index (χ4v) is 3.22. The van der Waals surface area contributed by atoms with E-state index in [-0.39, 0.29) is 10.9 Å². The second-order valence-corrected chi connectivity index (χ2v) is 7.31. The molecule has 0 fully saturated rings. The molecule has 2 aromatic heterocycles. The smallest absolute Gasteiger partial charge is 0.293 e. The molecule has 8 heteroatoms. The highest BCUT2D eigenvalue weighted by Crippen LogP contribution is 2.27. The van der Waals surface area contributed by atoms with Crippen molar-refractivity contribution in [1.82, 2.24) is 10.3 Å². The van der Waals surface area contributed by atoms with Crippen LogP contribution in [-0.4, -0.2) is 30.1 Å². The van der Waals surface area contributed by atoms with Crippen LogP contribution >= 0.6 is 12.2 Å². The van der Waals surface area contributed by atoms with Gasteiger partial charge in [0.15, 0.2) is 10.9 Å². The third-order valence-electron chi connectivity index (χ3n) is 4.37. The van der Waals surface area contributed by atoms with E-state index in [0.29, 0.717) is 17.0 Å². The molecule has 156 valence electrons. The van der Waals surface area contributed by atoms with Gasteiger partial charge >= 0.3 is 0 Å². The number of nitrogens with zero attached hydrogens (tertiary/aromatic N) is 2. The van der Waals surface area contributed by atoms with Crippen LogP contribution < -0.4 is 20.3 Å². The van der Waals surface area contributed by atoms with Crippen LogP contribution in [0.4, 0.5) is 11.5 Å². The van der Waals surface area contributed by atoms with Crippen LogP contribution in [0.15, 0.2) is 77.3 Å². The number of hydrogen-bond donors (Lipinski definition) is 2. The molecule has 4 rings (SSSR count). The van der Waals surface area contributed by atoms with Crippen molar-refractivity contribution in [1.29, 1.82) is 0 Å². The van der Waals surface area contributed by atoms with E-state index in [9.17, 15) is 4.79 Å². The zero-order valence-corrected chi connectivity index (χ0v) is 17.8. The Morgan fingerprint density at radius 1 is 1.03 bits per heavy atom. The van der Waals surface area contributed by atoms with Gasteiger partial charge in [0, 0.05) is 38.1 Å². The normalized spacial score (nSPS) is 10.5. The fourth-order valence-electron chi connectivity index (χ4n) is 3.01. The van der Waals surface area contributed by atoms with E-state index in [1.54, 1.807) is 24.4 Å². The van der Waals surface area contributed by atoms with Crippen LogP contribution in [-0.2, 0) is 0 Å². The third-order valence-corrected chi connectivity index (χ3v) is 4.57. The third kappa shape index (κ3) is 4.81. The molecule has 31 heavy (non-hydrogen) atoms. The van der Waals surface area contributed by atoms with E-state index in [0.717, 1.165) is 17.0 Å². The molecule has 0 aliphatic heterocycles. The van der Waals surface area contributed by atoms with Crippen molar-refractivity contribution >= 4 is 45.7 Å². The monoisotopic (exact) mass is 432 g/mol. The molecule has 0 unspecified atom stereocenters. The topological polar surface area (TPSA) is 79.6 Å². The van der Waals surface area contributed by atoms with E-state index < -0.39 is 5.91 Å². The number of thiocarbonyl (C=S) groups is 1. The number of amides is 1. The number of aromatic nitrogens is 1. The number of pyridine rings is 1. The van der Waals surface area contributed by atoms with Gasteiger partial charge in [-0.2, -0.15) is 0 Å². The van der Waals surface area contributed by atoms with Gasteiger partial charge in [-0.15, -0.1) is 0 Å². The number of ether oxygens (including phenoxy) is 1. The summed E-state index contributed by atoms with van der Waals surface area (Å²) in [5.74, 6) is 1.79. The van der Waals surface area contributed by atoms with Gasteiger partial charge in [0.1, 0.15) is 22.9 Å². The van der Waals surface area contributed by atoms with Gasteiger partial charge in [-0.25, -0.2) is 4.98 Å². The number of anilines is 2. The molecular weight excluding hydrogens is 412 g/mol. The quantitative estimate of drug-likeness (QED) is 0.438. The van der Waals surface area contributed by atoms with Gasteiger partial charge in [0.25, 0.3) is 5.91 Å². The van der Waals surface area contributed by atoms with Crippen molar-refractivity contribution in [3.63, 3.8) is 0 Å². The Balaban J connectivity index is 1.43. The first-order valence-corrected chi connectivity index (χ1v) is 9.91. The average Bonchev–Trinajstić information content (AvgIpc) is 3.19. The summed E-state index contributed by atoms with van der Waals surface area (Å²) >= 11 is 5.29. The zero-order valence-electron chi connectivity index (χ0n) is 17.0. The Labute approximate surface area is 184 Å². The summed E-state index contributed by atoms with van der Waals surface area (Å²) in [4.78, 5) is 18.8. The lowest BCUT2D eigenvalue weighted by atomic mass is 10.3. The van der Waals surface area contributed by atoms with Crippen LogP contribution in [0.3, 0.4) is 0 Å². The summed E-state index contributed by atoms with van der Waals surface area (Å²) in [5, 5.41) is 6.52. The van der Waals surface area contributed by atoms with E-state index in [2.05, 4.69) is 15.6 Å². The molecule has 0 saturated heterocycles. The van der Waals surface area contributed by atoms with Crippen molar-refractivity contribution in [3.8, 4) is 11.5 Å². The molecule has 2 aromatic carbocycles. The van der Waals surface area contributed by atoms with Gasteiger partial charge in [-0.3, -0.25) is 10.1 Å². The van der Waals surface area contributed by atoms with E-state index in [4.69, 9.17) is 21.4 Å². The van der Waals surface area contributed by atoms with Crippen LogP contribution in [0, 0.1) is 0 Å². The summed E-state index contributed by atoms with van der Waals surface area (Å²) < 4.78 is 11.5. The fraction of sp³-hybridized carbons (Fsp3) is 0.0870. The number of fused-ring (bicyclic) bond motifs is 1. The van der Waals surface area contributed by atoms with Gasteiger partial charge in [-0.1, -0.05) is 24.3 Å². The zero-order chi connectivity index (χ0) is 21.8. The highest BCUT2D eigenvalue weighted by Gasteiger charge is 2.17. The summed E-state index contributed by atoms with van der Waals surface area (Å²) in [6, 6.07) is 20.1. The van der Waals surface area contributed by atoms with E-state index in [1.807, 2.05) is 67.5 Å². The summed E-state index contributed by atoms with van der Waals surface area (Å²) in [5.41, 5.74) is 1.26. The van der Waals surface area contributed by atoms with E-state index in [1.165, 1.54) is 0 Å². The Morgan fingerprint density at radius 3 is 2.58 bits per heavy atom. The predicted molar refractivity (Wildman–Crippen MR) is 125 cm³/mol. The van der Waals surface area contributed by atoms with Crippen LogP contribution in [0.1, 0.15) is 10.6 Å². The summed E-state index contributed by atoms with van der Waals surface area (Å²) in [6.45, 7) is 0. The second kappa shape index (κ2) is 8.85. The number of furan rings is 1. The number of rotatable bonds is 5. The first kappa shape index (κ1) is 20.4. The standard InChI is InChI=1S/C23H20N4O3S/c1-27(2)21-18-14-20(30-19(18)11-12-24-21)22(28)26-23(31)25-15-7-6-10-17(13-15)29-16-8-4-3-5-9-16/h3-14H,1-2H3,(H2,25,26,28,31). The molecule has 2 heterocycles. The first-order chi connectivity index (χ1) is 15.0. The lowest BCUT2D eigenvalue weighted by Gasteiger charge is -2.11. The van der Waals surface area contributed by atoms with Crippen molar-refractivity contribution in [3.05, 3.63) is 78.7 Å². The Bertz CT molecular complexity index is 1240. The Kier molecular flexibility index (Phi) is 5.81. The lowest BCUT2D eigenvalue weighted by molar-refractivity contribution is 0.0953. The molecule has 0 radical (unpaired) electrons. The maximum absolute atomic E-state index is 12.6. The highest BCUT2D eigenvalue weighted by atomic mass is 32.1. The minimum Gasteiger partial charge on any atom is -0.457 e. The molecular formula is C23H20N4O3S. The molecule has 0 spiro atoms. The van der Waals surface area contributed by atoms with Crippen LogP contribution in [0.25, 0.3) is 11.0 Å². The van der Waals surface area contributed by atoms with Crippen molar-refractivity contribution in [2.24, 2.45) is 0 Å². The molecule has 0 aliphatic rings. The lowest BCUT2D eigenvalue weighted by Crippen LogP contribution is -2.33. The number of carbonyl (C=O) groups excluding carboxylic acids is 1. The Morgan fingerprint density at radius 2 is 1.81 bits per heavy atom. The maximum atomic E-state index is 12.6. The Hall–Kier alpha value is -3.91. The SMILES string of the molecule is CN(C)c1nccc2oc(C(=O)NC(=S)Nc3cccc(Oc4ccccc4)c3)cc12. The number of benzene rings is 2. The largest absolute Gasteiger partial charge is 0.457 e. The van der Waals surface area contributed by atoms with Crippen molar-refractivity contribution < 1.29 is 13.9 Å². The van der Waals surface area contributed by atoms with Gasteiger partial charge < -0.3 is 19.4 Å². The predicted octanol–water partition coefficient (Wildman–Crippen LogP) is 4.81. The van der Waals surface area contributed by atoms with Gasteiger partial charge in [0.2, 0.25) is 0 Å². The number of carbonyl (C=O) groups is 1. The van der Waals surface area contributed by atoms with Crippen molar-refractivity contribution in [2.45, 2.75) is 0 Å². The highest BCUT2D eigenvalue weighted by molar-refractivity contribution is 7.80. The number of para-hydroxylation sites is 1. The second-order valence-electron chi connectivity index (χ2n) is 6.90. The molecule has 1 amide bonds. The maximum Gasteiger partial charge on any atom is 0.293 e. The van der Waals surface area contributed by atoms with Crippen LogP contribution in [0.5, 0.6) is 11.5 Å².